The van der Waals surface area contributed by atoms with E-state index >= 15 is 0 Å². The maximum Gasteiger partial charge on any atom is 0.259 e. The summed E-state index contributed by atoms with van der Waals surface area (Å²) < 4.78 is 5.42. The van der Waals surface area contributed by atoms with Crippen LogP contribution in [0.4, 0.5) is 5.69 Å². The van der Waals surface area contributed by atoms with E-state index in [1.807, 2.05) is 0 Å². The molecule has 1 fully saturated rings. The molecule has 0 aliphatic carbocycles. The van der Waals surface area contributed by atoms with Gasteiger partial charge in [-0.15, -0.1) is 0 Å². The van der Waals surface area contributed by atoms with E-state index < -0.39 is 0 Å². The van der Waals surface area contributed by atoms with Crippen LogP contribution in [0.15, 0.2) is 24.3 Å². The molecule has 25 heavy (non-hydrogen) atoms. The number of hydrogen-bond acceptors (Lipinski definition) is 4. The highest BCUT2D eigenvalue weighted by atomic mass is 16.5. The molecule has 1 heterocycles. The van der Waals surface area contributed by atoms with Gasteiger partial charge in [-0.1, -0.05) is 6.92 Å². The topological polar surface area (TPSA) is 70.7 Å². The second-order valence-corrected chi connectivity index (χ2v) is 6.92. The summed E-state index contributed by atoms with van der Waals surface area (Å²) in [6, 6.07) is 7.11. The lowest BCUT2D eigenvalue weighted by molar-refractivity contribution is -0.130. The van der Waals surface area contributed by atoms with Crippen molar-refractivity contribution in [3.8, 4) is 5.75 Å². The summed E-state index contributed by atoms with van der Waals surface area (Å²) in [5.74, 6) is 1.57. The molecule has 0 saturated carbocycles. The molecule has 1 aromatic carbocycles. The number of benzene rings is 1. The van der Waals surface area contributed by atoms with Crippen LogP contribution in [-0.2, 0) is 9.59 Å². The molecule has 6 heteroatoms. The van der Waals surface area contributed by atoms with E-state index in [1.165, 1.54) is 4.90 Å². The smallest absolute Gasteiger partial charge is 0.259 e. The molecule has 0 radical (unpaired) electrons. The lowest BCUT2D eigenvalue weighted by Crippen LogP contribution is -2.32. The minimum atomic E-state index is -0.0933. The normalized spacial score (nSPS) is 16.1. The second kappa shape index (κ2) is 9.42. The van der Waals surface area contributed by atoms with Crippen molar-refractivity contribution in [1.82, 2.24) is 10.2 Å². The van der Waals surface area contributed by atoms with E-state index in [0.717, 1.165) is 31.6 Å². The maximum absolute atomic E-state index is 12.2. The van der Waals surface area contributed by atoms with E-state index in [-0.39, 0.29) is 18.4 Å². The number of likely N-dealkylation sites (N-methyl/N-ethyl adjacent to an activating group) is 1. The Morgan fingerprint density at radius 1 is 1.24 bits per heavy atom. The zero-order valence-corrected chi connectivity index (χ0v) is 15.4. The molecule has 1 aromatic rings. The molecule has 6 nitrogen and oxygen atoms in total. The number of nitrogens with zero attached hydrogens (tertiary/aromatic N) is 1. The van der Waals surface area contributed by atoms with E-state index in [1.54, 1.807) is 38.4 Å². The Morgan fingerprint density at radius 2 is 1.88 bits per heavy atom. The van der Waals surface area contributed by atoms with Crippen LogP contribution in [0.1, 0.15) is 26.2 Å². The standard InChI is InChI=1S/C19H29N3O3/c1-14(15-8-10-20-11-9-15)12-18(23)21-16-4-6-17(7-5-16)25-13-19(24)22(2)3/h4-7,14-15,20H,8-13H2,1-3H3,(H,21,23). The molecule has 2 amide bonds. The first-order valence-corrected chi connectivity index (χ1v) is 8.89. The number of amides is 2. The molecule has 138 valence electrons. The van der Waals surface area contributed by atoms with Gasteiger partial charge in [0.1, 0.15) is 5.75 Å². The summed E-state index contributed by atoms with van der Waals surface area (Å²) in [6.45, 7) is 4.27. The van der Waals surface area contributed by atoms with Crippen LogP contribution in [0, 0.1) is 11.8 Å². The summed E-state index contributed by atoms with van der Waals surface area (Å²) in [6.07, 6.45) is 2.83. The molecular weight excluding hydrogens is 318 g/mol. The van der Waals surface area contributed by atoms with Crippen LogP contribution in [0.2, 0.25) is 0 Å². The van der Waals surface area contributed by atoms with E-state index in [4.69, 9.17) is 4.74 Å². The lowest BCUT2D eigenvalue weighted by atomic mass is 9.84. The third-order valence-electron chi connectivity index (χ3n) is 4.70. The number of piperidine rings is 1. The van der Waals surface area contributed by atoms with Gasteiger partial charge < -0.3 is 20.3 Å². The zero-order chi connectivity index (χ0) is 18.2. The summed E-state index contributed by atoms with van der Waals surface area (Å²) in [5, 5.41) is 6.29. The number of anilines is 1. The molecule has 2 rings (SSSR count). The van der Waals surface area contributed by atoms with E-state index in [2.05, 4.69) is 17.6 Å². The Bertz CT molecular complexity index is 566. The molecular formula is C19H29N3O3. The minimum absolute atomic E-state index is 0.00641. The van der Waals surface area contributed by atoms with Crippen LogP contribution in [-0.4, -0.2) is 50.5 Å². The van der Waals surface area contributed by atoms with Gasteiger partial charge in [0, 0.05) is 26.2 Å². The highest BCUT2D eigenvalue weighted by Crippen LogP contribution is 2.25. The number of ether oxygens (including phenoxy) is 1. The molecule has 1 aliphatic heterocycles. The van der Waals surface area contributed by atoms with Gasteiger partial charge in [-0.25, -0.2) is 0 Å². The first-order chi connectivity index (χ1) is 12.0. The van der Waals surface area contributed by atoms with Crippen LogP contribution in [0.25, 0.3) is 0 Å². The third kappa shape index (κ3) is 6.38. The van der Waals surface area contributed by atoms with Crippen LogP contribution >= 0.6 is 0 Å². The number of nitrogens with one attached hydrogen (secondary N) is 2. The number of rotatable bonds is 7. The molecule has 0 bridgehead atoms. The Hall–Kier alpha value is -2.08. The van der Waals surface area contributed by atoms with Crippen LogP contribution < -0.4 is 15.4 Å². The second-order valence-electron chi connectivity index (χ2n) is 6.92. The summed E-state index contributed by atoms with van der Waals surface area (Å²) >= 11 is 0. The molecule has 2 N–H and O–H groups in total. The Kier molecular flexibility index (Phi) is 7.25. The fourth-order valence-corrected chi connectivity index (χ4v) is 2.99. The third-order valence-corrected chi connectivity index (χ3v) is 4.70. The van der Waals surface area contributed by atoms with Crippen LogP contribution in [0.3, 0.4) is 0 Å². The van der Waals surface area contributed by atoms with Crippen molar-refractivity contribution in [2.45, 2.75) is 26.2 Å². The first-order valence-electron chi connectivity index (χ1n) is 8.89. The van der Waals surface area contributed by atoms with Gasteiger partial charge in [0.2, 0.25) is 5.91 Å². The molecule has 0 spiro atoms. The van der Waals surface area contributed by atoms with Gasteiger partial charge in [-0.3, -0.25) is 9.59 Å². The number of carbonyl (C=O) groups is 2. The molecule has 1 aliphatic rings. The predicted molar refractivity (Wildman–Crippen MR) is 98.6 cm³/mol. The largest absolute Gasteiger partial charge is 0.484 e. The van der Waals surface area contributed by atoms with Crippen molar-refractivity contribution in [3.05, 3.63) is 24.3 Å². The van der Waals surface area contributed by atoms with Crippen molar-refractivity contribution in [1.29, 1.82) is 0 Å². The average Bonchev–Trinajstić information content (AvgIpc) is 2.61. The highest BCUT2D eigenvalue weighted by Gasteiger charge is 2.22. The van der Waals surface area contributed by atoms with Gasteiger partial charge in [0.15, 0.2) is 6.61 Å². The van der Waals surface area contributed by atoms with Crippen molar-refractivity contribution in [3.63, 3.8) is 0 Å². The maximum atomic E-state index is 12.2. The van der Waals surface area contributed by atoms with Gasteiger partial charge in [-0.2, -0.15) is 0 Å². The highest BCUT2D eigenvalue weighted by molar-refractivity contribution is 5.90. The van der Waals surface area contributed by atoms with Crippen molar-refractivity contribution in [2.24, 2.45) is 11.8 Å². The van der Waals surface area contributed by atoms with Crippen molar-refractivity contribution in [2.75, 3.05) is 39.1 Å². The Labute approximate surface area is 149 Å². The molecule has 1 atom stereocenters. The monoisotopic (exact) mass is 347 g/mol. The average molecular weight is 347 g/mol. The predicted octanol–water partition coefficient (Wildman–Crippen LogP) is 2.12. The molecule has 0 aromatic heterocycles. The van der Waals surface area contributed by atoms with Crippen molar-refractivity contribution < 1.29 is 14.3 Å². The SMILES string of the molecule is CC(CC(=O)Nc1ccc(OCC(=O)N(C)C)cc1)C1CCNCC1. The number of hydrogen-bond donors (Lipinski definition) is 2. The van der Waals surface area contributed by atoms with E-state index in [9.17, 15) is 9.59 Å². The van der Waals surface area contributed by atoms with Gasteiger partial charge in [0.05, 0.1) is 0 Å². The van der Waals surface area contributed by atoms with Gasteiger partial charge >= 0.3 is 0 Å². The molecule has 1 unspecified atom stereocenters. The lowest BCUT2D eigenvalue weighted by Gasteiger charge is -2.27. The summed E-state index contributed by atoms with van der Waals surface area (Å²) in [4.78, 5) is 25.2. The minimum Gasteiger partial charge on any atom is -0.484 e. The van der Waals surface area contributed by atoms with E-state index in [0.29, 0.717) is 24.0 Å². The summed E-state index contributed by atoms with van der Waals surface area (Å²) in [7, 11) is 3.38. The Morgan fingerprint density at radius 3 is 2.48 bits per heavy atom. The molecule has 1 saturated heterocycles. The van der Waals surface area contributed by atoms with Crippen molar-refractivity contribution >= 4 is 17.5 Å². The Balaban J connectivity index is 1.77. The quantitative estimate of drug-likeness (QED) is 0.793. The first kappa shape index (κ1) is 19.2. The van der Waals surface area contributed by atoms with Gasteiger partial charge in [0.25, 0.3) is 5.91 Å². The van der Waals surface area contributed by atoms with Gasteiger partial charge in [-0.05, 0) is 62.0 Å². The zero-order valence-electron chi connectivity index (χ0n) is 15.4. The fraction of sp³-hybridized carbons (Fsp3) is 0.579. The van der Waals surface area contributed by atoms with Crippen LogP contribution in [0.5, 0.6) is 5.75 Å². The fourth-order valence-electron chi connectivity index (χ4n) is 2.99. The summed E-state index contributed by atoms with van der Waals surface area (Å²) in [5.41, 5.74) is 0.744. The number of carbonyl (C=O) groups excluding carboxylic acids is 2.